The number of aromatic nitrogens is 2. The predicted molar refractivity (Wildman–Crippen MR) is 85.8 cm³/mol. The SMILES string of the molecule is Cn1nc(NC(=O)C2CC2)c2c(Cl)ccc(C(C)(C)C)c21. The molecular formula is C16H20ClN3O. The Kier molecular flexibility index (Phi) is 3.24. The monoisotopic (exact) mass is 305 g/mol. The minimum Gasteiger partial charge on any atom is -0.308 e. The molecule has 1 fully saturated rings. The Hall–Kier alpha value is -1.55. The number of nitrogens with one attached hydrogen (secondary N) is 1. The summed E-state index contributed by atoms with van der Waals surface area (Å²) in [5.41, 5.74) is 2.14. The van der Waals surface area contributed by atoms with Crippen molar-refractivity contribution < 1.29 is 4.79 Å². The average molecular weight is 306 g/mol. The third-order valence-electron chi connectivity index (χ3n) is 3.94. The van der Waals surface area contributed by atoms with Gasteiger partial charge in [-0.1, -0.05) is 38.4 Å². The molecule has 2 aromatic rings. The molecule has 0 saturated heterocycles. The van der Waals surface area contributed by atoms with Crippen molar-refractivity contribution in [1.82, 2.24) is 9.78 Å². The number of anilines is 1. The van der Waals surface area contributed by atoms with Gasteiger partial charge in [0.05, 0.1) is 15.9 Å². The normalized spacial score (nSPS) is 15.5. The molecule has 21 heavy (non-hydrogen) atoms. The lowest BCUT2D eigenvalue weighted by Crippen LogP contribution is -2.14. The van der Waals surface area contributed by atoms with Gasteiger partial charge in [-0.15, -0.1) is 0 Å². The van der Waals surface area contributed by atoms with Gasteiger partial charge >= 0.3 is 0 Å². The van der Waals surface area contributed by atoms with E-state index in [1.807, 2.05) is 23.9 Å². The molecule has 4 nitrogen and oxygen atoms in total. The zero-order valence-corrected chi connectivity index (χ0v) is 13.6. The molecule has 1 N–H and O–H groups in total. The van der Waals surface area contributed by atoms with Crippen LogP contribution in [0, 0.1) is 5.92 Å². The minimum absolute atomic E-state index is 0.0194. The van der Waals surface area contributed by atoms with Gasteiger partial charge < -0.3 is 5.32 Å². The lowest BCUT2D eigenvalue weighted by Gasteiger charge is -2.20. The number of aryl methyl sites for hydroxylation is 1. The molecule has 1 saturated carbocycles. The van der Waals surface area contributed by atoms with Gasteiger partial charge in [-0.05, 0) is 29.9 Å². The van der Waals surface area contributed by atoms with Crippen molar-refractivity contribution in [3.8, 4) is 0 Å². The highest BCUT2D eigenvalue weighted by atomic mass is 35.5. The third-order valence-corrected chi connectivity index (χ3v) is 4.25. The van der Waals surface area contributed by atoms with Crippen LogP contribution in [0.3, 0.4) is 0 Å². The predicted octanol–water partition coefficient (Wildman–Crippen LogP) is 3.87. The molecule has 3 rings (SSSR count). The molecule has 1 aliphatic rings. The van der Waals surface area contributed by atoms with Gasteiger partial charge in [0.25, 0.3) is 0 Å². The molecule has 0 radical (unpaired) electrons. The second-order valence-corrected chi connectivity index (χ2v) is 7.21. The maximum atomic E-state index is 12.0. The van der Waals surface area contributed by atoms with Crippen molar-refractivity contribution in [3.05, 3.63) is 22.7 Å². The van der Waals surface area contributed by atoms with Gasteiger partial charge in [0.2, 0.25) is 5.91 Å². The maximum Gasteiger partial charge on any atom is 0.228 e. The number of hydrogen-bond donors (Lipinski definition) is 1. The quantitative estimate of drug-likeness (QED) is 0.915. The number of hydrogen-bond acceptors (Lipinski definition) is 2. The Morgan fingerprint density at radius 2 is 2.05 bits per heavy atom. The maximum absolute atomic E-state index is 12.0. The summed E-state index contributed by atoms with van der Waals surface area (Å²) in [6.07, 6.45) is 1.94. The lowest BCUT2D eigenvalue weighted by molar-refractivity contribution is -0.117. The number of rotatable bonds is 2. The van der Waals surface area contributed by atoms with Crippen LogP contribution >= 0.6 is 11.6 Å². The molecule has 1 aromatic heterocycles. The number of benzene rings is 1. The number of fused-ring (bicyclic) bond motifs is 1. The fraction of sp³-hybridized carbons (Fsp3) is 0.500. The Balaban J connectivity index is 2.16. The van der Waals surface area contributed by atoms with E-state index in [-0.39, 0.29) is 17.2 Å². The van der Waals surface area contributed by atoms with E-state index in [1.54, 1.807) is 0 Å². The van der Waals surface area contributed by atoms with Crippen molar-refractivity contribution in [3.63, 3.8) is 0 Å². The van der Waals surface area contributed by atoms with E-state index >= 15 is 0 Å². The van der Waals surface area contributed by atoms with E-state index in [0.717, 1.165) is 23.7 Å². The van der Waals surface area contributed by atoms with E-state index in [9.17, 15) is 4.79 Å². The number of carbonyl (C=O) groups excluding carboxylic acids is 1. The van der Waals surface area contributed by atoms with E-state index in [1.165, 1.54) is 5.56 Å². The number of halogens is 1. The summed E-state index contributed by atoms with van der Waals surface area (Å²) in [7, 11) is 1.89. The van der Waals surface area contributed by atoms with Crippen molar-refractivity contribution >= 4 is 34.2 Å². The summed E-state index contributed by atoms with van der Waals surface area (Å²) in [5, 5.41) is 8.86. The molecule has 112 valence electrons. The summed E-state index contributed by atoms with van der Waals surface area (Å²) in [6.45, 7) is 6.47. The molecular weight excluding hydrogens is 286 g/mol. The number of carbonyl (C=O) groups is 1. The highest BCUT2D eigenvalue weighted by Gasteiger charge is 2.31. The van der Waals surface area contributed by atoms with Crippen molar-refractivity contribution in [2.24, 2.45) is 13.0 Å². The summed E-state index contributed by atoms with van der Waals surface area (Å²) in [5.74, 6) is 0.763. The van der Waals surface area contributed by atoms with Crippen LogP contribution in [-0.2, 0) is 17.3 Å². The van der Waals surface area contributed by atoms with Gasteiger partial charge in [-0.25, -0.2) is 0 Å². The van der Waals surface area contributed by atoms with Gasteiger partial charge in [0.15, 0.2) is 5.82 Å². The Morgan fingerprint density at radius 3 is 2.62 bits per heavy atom. The Labute approximate surface area is 129 Å². The van der Waals surface area contributed by atoms with Crippen LogP contribution in [0.15, 0.2) is 12.1 Å². The lowest BCUT2D eigenvalue weighted by atomic mass is 9.85. The zero-order chi connectivity index (χ0) is 15.4. The van der Waals surface area contributed by atoms with Gasteiger partial charge in [-0.2, -0.15) is 5.10 Å². The van der Waals surface area contributed by atoms with Crippen molar-refractivity contribution in [2.45, 2.75) is 39.0 Å². The van der Waals surface area contributed by atoms with Gasteiger partial charge in [0, 0.05) is 13.0 Å². The molecule has 0 unspecified atom stereocenters. The van der Waals surface area contributed by atoms with Crippen LogP contribution in [0.2, 0.25) is 5.02 Å². The molecule has 1 aliphatic carbocycles. The van der Waals surface area contributed by atoms with Crippen LogP contribution in [0.4, 0.5) is 5.82 Å². The van der Waals surface area contributed by atoms with Crippen LogP contribution < -0.4 is 5.32 Å². The highest BCUT2D eigenvalue weighted by molar-refractivity contribution is 6.36. The standard InChI is InChI=1S/C16H20ClN3O/c1-16(2,3)10-7-8-11(17)12-13(10)20(4)19-14(12)18-15(21)9-5-6-9/h7-9H,5-6H2,1-4H3,(H,18,19,21). The largest absolute Gasteiger partial charge is 0.308 e. The Morgan fingerprint density at radius 1 is 1.38 bits per heavy atom. The molecule has 1 aromatic carbocycles. The second-order valence-electron chi connectivity index (χ2n) is 6.80. The first-order valence-electron chi connectivity index (χ1n) is 7.25. The summed E-state index contributed by atoms with van der Waals surface area (Å²) in [6, 6.07) is 3.93. The minimum atomic E-state index is -0.0194. The molecule has 0 atom stereocenters. The first kappa shape index (κ1) is 14.4. The van der Waals surface area contributed by atoms with Crippen LogP contribution in [0.1, 0.15) is 39.2 Å². The first-order valence-corrected chi connectivity index (χ1v) is 7.63. The van der Waals surface area contributed by atoms with Crippen molar-refractivity contribution in [1.29, 1.82) is 0 Å². The summed E-state index contributed by atoms with van der Waals surface area (Å²) in [4.78, 5) is 12.0. The van der Waals surface area contributed by atoms with Crippen molar-refractivity contribution in [2.75, 3.05) is 5.32 Å². The van der Waals surface area contributed by atoms with E-state index < -0.39 is 0 Å². The van der Waals surface area contributed by atoms with E-state index in [0.29, 0.717) is 10.8 Å². The molecule has 1 heterocycles. The third kappa shape index (κ3) is 2.53. The first-order chi connectivity index (χ1) is 9.79. The van der Waals surface area contributed by atoms with Crippen LogP contribution in [0.25, 0.3) is 10.9 Å². The van der Waals surface area contributed by atoms with E-state index in [2.05, 4.69) is 31.2 Å². The zero-order valence-electron chi connectivity index (χ0n) is 12.8. The summed E-state index contributed by atoms with van der Waals surface area (Å²) < 4.78 is 1.81. The van der Waals surface area contributed by atoms with E-state index in [4.69, 9.17) is 11.6 Å². The highest BCUT2D eigenvalue weighted by Crippen LogP contribution is 2.38. The molecule has 1 amide bonds. The molecule has 0 bridgehead atoms. The Bertz CT molecular complexity index is 723. The van der Waals surface area contributed by atoms with Gasteiger partial charge in [0.1, 0.15) is 0 Å². The molecule has 0 spiro atoms. The smallest absolute Gasteiger partial charge is 0.228 e. The topological polar surface area (TPSA) is 46.9 Å². The van der Waals surface area contributed by atoms with Crippen LogP contribution in [0.5, 0.6) is 0 Å². The fourth-order valence-corrected chi connectivity index (χ4v) is 2.88. The summed E-state index contributed by atoms with van der Waals surface area (Å²) >= 11 is 6.37. The average Bonchev–Trinajstić information content (AvgIpc) is 3.16. The fourth-order valence-electron chi connectivity index (χ4n) is 2.63. The second kappa shape index (κ2) is 4.73. The molecule has 0 aliphatic heterocycles. The van der Waals surface area contributed by atoms with Crippen LogP contribution in [-0.4, -0.2) is 15.7 Å². The number of amides is 1. The number of nitrogens with zero attached hydrogens (tertiary/aromatic N) is 2. The molecule has 5 heteroatoms. The van der Waals surface area contributed by atoms with Gasteiger partial charge in [-0.3, -0.25) is 9.48 Å².